The van der Waals surface area contributed by atoms with Crippen molar-refractivity contribution >= 4 is 27.1 Å². The fourth-order valence-corrected chi connectivity index (χ4v) is 4.40. The SMILES string of the molecule is CCCCN=C1CCc2c(Oc3cc(F)cc(Cl)c3)ccc(S(=O)(=O)C(F)F)c21. The molecular formula is C20H19ClF3NO3S. The summed E-state index contributed by atoms with van der Waals surface area (Å²) in [6, 6.07) is 6.06. The molecule has 156 valence electrons. The number of rotatable bonds is 7. The molecule has 0 saturated heterocycles. The molecule has 29 heavy (non-hydrogen) atoms. The van der Waals surface area contributed by atoms with Crippen molar-refractivity contribution < 1.29 is 26.3 Å². The number of hydrogen-bond acceptors (Lipinski definition) is 4. The van der Waals surface area contributed by atoms with Gasteiger partial charge in [-0.15, -0.1) is 0 Å². The van der Waals surface area contributed by atoms with Gasteiger partial charge in [0.15, 0.2) is 0 Å². The Balaban J connectivity index is 2.11. The van der Waals surface area contributed by atoms with Crippen molar-refractivity contribution in [2.24, 2.45) is 4.99 Å². The van der Waals surface area contributed by atoms with Crippen molar-refractivity contribution in [2.75, 3.05) is 6.54 Å². The van der Waals surface area contributed by atoms with Gasteiger partial charge in [0.05, 0.1) is 4.90 Å². The van der Waals surface area contributed by atoms with Crippen LogP contribution in [-0.4, -0.2) is 26.4 Å². The van der Waals surface area contributed by atoms with Crippen LogP contribution < -0.4 is 4.74 Å². The van der Waals surface area contributed by atoms with Crippen LogP contribution >= 0.6 is 11.6 Å². The second-order valence-corrected chi connectivity index (χ2v) is 8.93. The Morgan fingerprint density at radius 3 is 2.62 bits per heavy atom. The molecule has 1 aliphatic rings. The number of alkyl halides is 2. The summed E-state index contributed by atoms with van der Waals surface area (Å²) in [5.41, 5.74) is 1.10. The maximum atomic E-state index is 13.6. The first kappa shape index (κ1) is 21.6. The average molecular weight is 446 g/mol. The second-order valence-electron chi connectivity index (χ2n) is 6.61. The predicted octanol–water partition coefficient (Wildman–Crippen LogP) is 5.80. The molecule has 4 nitrogen and oxygen atoms in total. The summed E-state index contributed by atoms with van der Waals surface area (Å²) < 4.78 is 70.2. The Morgan fingerprint density at radius 1 is 1.21 bits per heavy atom. The lowest BCUT2D eigenvalue weighted by Crippen LogP contribution is -2.16. The van der Waals surface area contributed by atoms with Crippen LogP contribution in [0.4, 0.5) is 13.2 Å². The quantitative estimate of drug-likeness (QED) is 0.506. The van der Waals surface area contributed by atoms with Crippen LogP contribution in [-0.2, 0) is 16.3 Å². The van der Waals surface area contributed by atoms with Crippen molar-refractivity contribution in [3.05, 3.63) is 52.3 Å². The molecule has 0 fully saturated rings. The zero-order valence-corrected chi connectivity index (χ0v) is 17.2. The summed E-state index contributed by atoms with van der Waals surface area (Å²) >= 11 is 5.85. The van der Waals surface area contributed by atoms with Crippen LogP contribution in [0.3, 0.4) is 0 Å². The lowest BCUT2D eigenvalue weighted by Gasteiger charge is -2.15. The van der Waals surface area contributed by atoms with Gasteiger partial charge >= 0.3 is 5.76 Å². The van der Waals surface area contributed by atoms with Gasteiger partial charge < -0.3 is 4.74 Å². The summed E-state index contributed by atoms with van der Waals surface area (Å²) in [6.45, 7) is 2.47. The Kier molecular flexibility index (Phi) is 6.53. The lowest BCUT2D eigenvalue weighted by atomic mass is 10.1. The molecule has 0 bridgehead atoms. The van der Waals surface area contributed by atoms with Crippen molar-refractivity contribution in [2.45, 2.75) is 43.3 Å². The highest BCUT2D eigenvalue weighted by atomic mass is 35.5. The molecule has 0 aromatic heterocycles. The molecule has 0 saturated carbocycles. The van der Waals surface area contributed by atoms with Crippen molar-refractivity contribution in [3.63, 3.8) is 0 Å². The summed E-state index contributed by atoms with van der Waals surface area (Å²) in [5.74, 6) is -3.76. The third-order valence-electron chi connectivity index (χ3n) is 4.55. The number of nitrogens with zero attached hydrogens (tertiary/aromatic N) is 1. The summed E-state index contributed by atoms with van der Waals surface area (Å²) in [4.78, 5) is 3.98. The van der Waals surface area contributed by atoms with Gasteiger partial charge in [0.25, 0.3) is 0 Å². The molecule has 0 radical (unpaired) electrons. The fraction of sp³-hybridized carbons (Fsp3) is 0.350. The fourth-order valence-electron chi connectivity index (χ4n) is 3.21. The number of hydrogen-bond donors (Lipinski definition) is 0. The minimum Gasteiger partial charge on any atom is -0.457 e. The Labute approximate surface area is 172 Å². The number of sulfone groups is 1. The molecule has 2 aromatic rings. The van der Waals surface area contributed by atoms with Gasteiger partial charge in [0.2, 0.25) is 9.84 Å². The van der Waals surface area contributed by atoms with Gasteiger partial charge in [-0.25, -0.2) is 12.8 Å². The Bertz CT molecular complexity index is 1030. The molecule has 0 unspecified atom stereocenters. The first-order valence-corrected chi connectivity index (χ1v) is 11.0. The molecule has 9 heteroatoms. The van der Waals surface area contributed by atoms with Crippen LogP contribution in [0.15, 0.2) is 40.2 Å². The highest BCUT2D eigenvalue weighted by Gasteiger charge is 2.35. The number of halogens is 4. The number of fused-ring (bicyclic) bond motifs is 1. The third-order valence-corrected chi connectivity index (χ3v) is 6.19. The molecule has 2 aromatic carbocycles. The second kappa shape index (κ2) is 8.75. The highest BCUT2D eigenvalue weighted by Crippen LogP contribution is 2.39. The number of benzene rings is 2. The average Bonchev–Trinajstić information content (AvgIpc) is 3.05. The van der Waals surface area contributed by atoms with Crippen molar-refractivity contribution in [3.8, 4) is 11.5 Å². The topological polar surface area (TPSA) is 55.7 Å². The monoisotopic (exact) mass is 445 g/mol. The highest BCUT2D eigenvalue weighted by molar-refractivity contribution is 7.91. The van der Waals surface area contributed by atoms with E-state index in [-0.39, 0.29) is 22.1 Å². The maximum absolute atomic E-state index is 13.6. The maximum Gasteiger partial charge on any atom is 0.341 e. The van der Waals surface area contributed by atoms with Crippen LogP contribution in [0.5, 0.6) is 11.5 Å². The number of aliphatic imine (C=N–C) groups is 1. The first-order valence-electron chi connectivity index (χ1n) is 9.09. The van der Waals surface area contributed by atoms with E-state index in [0.29, 0.717) is 30.7 Å². The molecular weight excluding hydrogens is 427 g/mol. The van der Waals surface area contributed by atoms with Gasteiger partial charge in [-0.1, -0.05) is 24.9 Å². The normalized spacial score (nSPS) is 15.2. The Hall–Kier alpha value is -2.06. The molecule has 0 spiro atoms. The van der Waals surface area contributed by atoms with E-state index in [9.17, 15) is 21.6 Å². The Morgan fingerprint density at radius 2 is 1.97 bits per heavy atom. The summed E-state index contributed by atoms with van der Waals surface area (Å²) in [5, 5.41) is 0.135. The van der Waals surface area contributed by atoms with E-state index in [2.05, 4.69) is 4.99 Å². The molecule has 0 N–H and O–H groups in total. The van der Waals surface area contributed by atoms with Gasteiger partial charge in [0, 0.05) is 34.5 Å². The largest absolute Gasteiger partial charge is 0.457 e. The minimum atomic E-state index is -4.82. The predicted molar refractivity (Wildman–Crippen MR) is 106 cm³/mol. The van der Waals surface area contributed by atoms with E-state index < -0.39 is 26.3 Å². The third kappa shape index (κ3) is 4.59. The van der Waals surface area contributed by atoms with Crippen LogP contribution in [0.1, 0.15) is 37.3 Å². The lowest BCUT2D eigenvalue weighted by molar-refractivity contribution is 0.234. The van der Waals surface area contributed by atoms with Crippen LogP contribution in [0, 0.1) is 5.82 Å². The molecule has 3 rings (SSSR count). The van der Waals surface area contributed by atoms with Gasteiger partial charge in [-0.3, -0.25) is 4.99 Å². The van der Waals surface area contributed by atoms with E-state index >= 15 is 0 Å². The standard InChI is InChI=1S/C20H19ClF3NO3S/c1-2-3-8-25-16-5-4-15-17(28-14-10-12(21)9-13(22)11-14)6-7-18(19(15)16)29(26,27)20(23)24/h6-7,9-11,20H,2-5,8H2,1H3. The zero-order chi connectivity index (χ0) is 21.2. The van der Waals surface area contributed by atoms with Crippen LogP contribution in [0.25, 0.3) is 0 Å². The van der Waals surface area contributed by atoms with Gasteiger partial charge in [-0.05, 0) is 43.5 Å². The van der Waals surface area contributed by atoms with Crippen molar-refractivity contribution in [1.29, 1.82) is 0 Å². The van der Waals surface area contributed by atoms with E-state index in [1.807, 2.05) is 6.92 Å². The van der Waals surface area contributed by atoms with E-state index in [4.69, 9.17) is 16.3 Å². The summed E-state index contributed by atoms with van der Waals surface area (Å²) in [7, 11) is -4.82. The molecule has 1 aliphatic carbocycles. The first-order chi connectivity index (χ1) is 13.7. The molecule has 0 atom stereocenters. The number of ether oxygens (including phenoxy) is 1. The smallest absolute Gasteiger partial charge is 0.341 e. The van der Waals surface area contributed by atoms with Gasteiger partial charge in [0.1, 0.15) is 17.3 Å². The molecule has 0 aliphatic heterocycles. The molecule has 0 amide bonds. The van der Waals surface area contributed by atoms with Crippen LogP contribution in [0.2, 0.25) is 5.02 Å². The van der Waals surface area contributed by atoms with Gasteiger partial charge in [-0.2, -0.15) is 8.78 Å². The summed E-state index contributed by atoms with van der Waals surface area (Å²) in [6.07, 6.45) is 2.49. The zero-order valence-electron chi connectivity index (χ0n) is 15.6. The van der Waals surface area contributed by atoms with E-state index in [1.165, 1.54) is 12.1 Å². The van der Waals surface area contributed by atoms with E-state index in [0.717, 1.165) is 31.0 Å². The number of unbranched alkanes of at least 4 members (excludes halogenated alkanes) is 1. The minimum absolute atomic E-state index is 0.123. The van der Waals surface area contributed by atoms with E-state index in [1.54, 1.807) is 0 Å². The van der Waals surface area contributed by atoms with Crippen molar-refractivity contribution in [1.82, 2.24) is 0 Å². The molecule has 0 heterocycles.